The smallest absolute Gasteiger partial charge is 0.419 e. The average molecular weight is 412 g/mol. The van der Waals surface area contributed by atoms with Crippen molar-refractivity contribution in [3.8, 4) is 11.5 Å². The maximum Gasteiger partial charge on any atom is 0.419 e. The minimum atomic E-state index is -4.70. The zero-order valence-electron chi connectivity index (χ0n) is 16.6. The molecule has 0 saturated carbocycles. The number of methoxy groups -OCH3 is 2. The third-order valence-corrected chi connectivity index (χ3v) is 5.37. The number of hydrogen-bond acceptors (Lipinski definition) is 4. The van der Waals surface area contributed by atoms with Gasteiger partial charge in [-0.25, -0.2) is 4.39 Å². The van der Waals surface area contributed by atoms with Crippen molar-refractivity contribution in [2.24, 2.45) is 0 Å². The predicted molar refractivity (Wildman–Crippen MR) is 103 cm³/mol. The molecule has 4 nitrogen and oxygen atoms in total. The number of benzene rings is 2. The molecule has 1 fully saturated rings. The molecule has 1 saturated heterocycles. The van der Waals surface area contributed by atoms with Gasteiger partial charge in [-0.1, -0.05) is 6.07 Å². The van der Waals surface area contributed by atoms with Crippen molar-refractivity contribution in [2.45, 2.75) is 19.1 Å². The Bertz CT molecular complexity index is 849. The molecule has 0 aromatic heterocycles. The van der Waals surface area contributed by atoms with Gasteiger partial charge in [-0.05, 0) is 42.8 Å². The molecular weight excluding hydrogens is 388 g/mol. The first-order valence-corrected chi connectivity index (χ1v) is 9.32. The van der Waals surface area contributed by atoms with Gasteiger partial charge in [0.2, 0.25) is 0 Å². The van der Waals surface area contributed by atoms with Crippen molar-refractivity contribution in [2.75, 3.05) is 45.3 Å². The van der Waals surface area contributed by atoms with E-state index in [2.05, 4.69) is 11.8 Å². The highest BCUT2D eigenvalue weighted by Crippen LogP contribution is 2.35. The van der Waals surface area contributed by atoms with E-state index >= 15 is 0 Å². The molecule has 8 heteroatoms. The number of alkyl halides is 3. The number of ether oxygens (including phenoxy) is 2. The summed E-state index contributed by atoms with van der Waals surface area (Å²) in [4.78, 5) is 4.11. The van der Waals surface area contributed by atoms with Crippen LogP contribution in [0.2, 0.25) is 0 Å². The molecule has 0 N–H and O–H groups in total. The molecule has 1 atom stereocenters. The summed E-state index contributed by atoms with van der Waals surface area (Å²) in [5.41, 5.74) is 0.227. The van der Waals surface area contributed by atoms with Crippen LogP contribution in [-0.4, -0.2) is 45.3 Å². The van der Waals surface area contributed by atoms with Gasteiger partial charge in [0.25, 0.3) is 0 Å². The summed E-state index contributed by atoms with van der Waals surface area (Å²) in [6, 6.07) is 9.06. The average Bonchev–Trinajstić information content (AvgIpc) is 2.72. The standard InChI is InChI=1S/C21H24F4N2O2/c1-14(15-4-7-19(28-2)20(12-15)29-3)26-8-10-27(11-9-26)16-5-6-18(22)17(13-16)21(23,24)25/h4-7,12-14H,8-11H2,1-3H3/t14-/m1/s1. The first-order valence-electron chi connectivity index (χ1n) is 9.32. The Morgan fingerprint density at radius 2 is 1.55 bits per heavy atom. The Morgan fingerprint density at radius 1 is 0.897 bits per heavy atom. The van der Waals surface area contributed by atoms with Gasteiger partial charge in [0.05, 0.1) is 19.8 Å². The van der Waals surface area contributed by atoms with E-state index in [0.29, 0.717) is 43.4 Å². The molecule has 0 spiro atoms. The summed E-state index contributed by atoms with van der Waals surface area (Å²) in [6.07, 6.45) is -4.70. The van der Waals surface area contributed by atoms with Gasteiger partial charge in [0.1, 0.15) is 5.82 Å². The highest BCUT2D eigenvalue weighted by molar-refractivity contribution is 5.50. The SMILES string of the molecule is COc1ccc([C@@H](C)N2CCN(c3ccc(F)c(C(F)(F)F)c3)CC2)cc1OC. The second-order valence-electron chi connectivity index (χ2n) is 6.98. The van der Waals surface area contributed by atoms with Crippen LogP contribution in [-0.2, 0) is 6.18 Å². The van der Waals surface area contributed by atoms with Gasteiger partial charge in [0.15, 0.2) is 11.5 Å². The van der Waals surface area contributed by atoms with Crippen molar-refractivity contribution < 1.29 is 27.0 Å². The minimum absolute atomic E-state index is 0.107. The third-order valence-electron chi connectivity index (χ3n) is 5.37. The van der Waals surface area contributed by atoms with E-state index < -0.39 is 17.6 Å². The molecule has 1 heterocycles. The number of hydrogen-bond donors (Lipinski definition) is 0. The van der Waals surface area contributed by atoms with Crippen LogP contribution in [0.4, 0.5) is 23.2 Å². The van der Waals surface area contributed by atoms with E-state index in [-0.39, 0.29) is 6.04 Å². The van der Waals surface area contributed by atoms with E-state index in [9.17, 15) is 17.6 Å². The van der Waals surface area contributed by atoms with Crippen molar-refractivity contribution in [3.05, 3.63) is 53.3 Å². The lowest BCUT2D eigenvalue weighted by Crippen LogP contribution is -2.47. The fourth-order valence-corrected chi connectivity index (χ4v) is 3.62. The minimum Gasteiger partial charge on any atom is -0.493 e. The highest BCUT2D eigenvalue weighted by Gasteiger charge is 2.35. The van der Waals surface area contributed by atoms with Gasteiger partial charge in [-0.15, -0.1) is 0 Å². The first kappa shape index (κ1) is 21.2. The number of piperazine rings is 1. The molecule has 0 bridgehead atoms. The monoisotopic (exact) mass is 412 g/mol. The fraction of sp³-hybridized carbons (Fsp3) is 0.429. The van der Waals surface area contributed by atoms with Crippen LogP contribution < -0.4 is 14.4 Å². The maximum absolute atomic E-state index is 13.5. The molecule has 1 aliphatic heterocycles. The van der Waals surface area contributed by atoms with Crippen LogP contribution in [0.15, 0.2) is 36.4 Å². The van der Waals surface area contributed by atoms with Gasteiger partial charge in [-0.3, -0.25) is 4.90 Å². The van der Waals surface area contributed by atoms with Crippen LogP contribution >= 0.6 is 0 Å². The largest absolute Gasteiger partial charge is 0.493 e. The Morgan fingerprint density at radius 3 is 2.14 bits per heavy atom. The lowest BCUT2D eigenvalue weighted by Gasteiger charge is -2.39. The van der Waals surface area contributed by atoms with Crippen LogP contribution in [0.1, 0.15) is 24.1 Å². The van der Waals surface area contributed by atoms with E-state index in [1.165, 1.54) is 6.07 Å². The van der Waals surface area contributed by atoms with E-state index in [0.717, 1.165) is 17.7 Å². The summed E-state index contributed by atoms with van der Waals surface area (Å²) < 4.78 is 63.1. The van der Waals surface area contributed by atoms with Gasteiger partial charge < -0.3 is 14.4 Å². The molecule has 2 aromatic rings. The number of halogens is 4. The zero-order valence-corrected chi connectivity index (χ0v) is 16.6. The van der Waals surface area contributed by atoms with Crippen LogP contribution in [0.5, 0.6) is 11.5 Å². The van der Waals surface area contributed by atoms with Crippen LogP contribution in [0.25, 0.3) is 0 Å². The van der Waals surface area contributed by atoms with E-state index in [1.54, 1.807) is 14.2 Å². The summed E-state index contributed by atoms with van der Waals surface area (Å²) in [7, 11) is 3.17. The summed E-state index contributed by atoms with van der Waals surface area (Å²) >= 11 is 0. The molecule has 3 rings (SSSR count). The lowest BCUT2D eigenvalue weighted by molar-refractivity contribution is -0.139. The highest BCUT2D eigenvalue weighted by atomic mass is 19.4. The maximum atomic E-state index is 13.5. The van der Waals surface area contributed by atoms with Crippen molar-refractivity contribution >= 4 is 5.69 Å². The van der Waals surface area contributed by atoms with E-state index in [1.807, 2.05) is 23.1 Å². The molecule has 0 aliphatic carbocycles. The molecule has 158 valence electrons. The first-order chi connectivity index (χ1) is 13.7. The van der Waals surface area contributed by atoms with Crippen molar-refractivity contribution in [3.63, 3.8) is 0 Å². The molecule has 1 aliphatic rings. The van der Waals surface area contributed by atoms with Crippen LogP contribution in [0, 0.1) is 5.82 Å². The summed E-state index contributed by atoms with van der Waals surface area (Å²) in [5, 5.41) is 0. The third kappa shape index (κ3) is 4.58. The van der Waals surface area contributed by atoms with Crippen molar-refractivity contribution in [1.82, 2.24) is 4.90 Å². The Hall–Kier alpha value is -2.48. The van der Waals surface area contributed by atoms with Gasteiger partial charge in [0, 0.05) is 37.9 Å². The van der Waals surface area contributed by atoms with Gasteiger partial charge >= 0.3 is 6.18 Å². The van der Waals surface area contributed by atoms with Crippen molar-refractivity contribution in [1.29, 1.82) is 0 Å². The number of nitrogens with zero attached hydrogens (tertiary/aromatic N) is 2. The Labute approximate surface area is 167 Å². The quantitative estimate of drug-likeness (QED) is 0.662. The second kappa shape index (κ2) is 8.49. The summed E-state index contributed by atoms with van der Waals surface area (Å²) in [6.45, 7) is 4.54. The Kier molecular flexibility index (Phi) is 6.21. The fourth-order valence-electron chi connectivity index (χ4n) is 3.62. The van der Waals surface area contributed by atoms with Gasteiger partial charge in [-0.2, -0.15) is 13.2 Å². The second-order valence-corrected chi connectivity index (χ2v) is 6.98. The zero-order chi connectivity index (χ0) is 21.2. The normalized spacial score (nSPS) is 16.6. The van der Waals surface area contributed by atoms with Crippen LogP contribution in [0.3, 0.4) is 0 Å². The molecule has 2 aromatic carbocycles. The molecule has 0 radical (unpaired) electrons. The molecular formula is C21H24F4N2O2. The predicted octanol–water partition coefficient (Wildman–Crippen LogP) is 4.74. The molecule has 0 amide bonds. The lowest BCUT2D eigenvalue weighted by atomic mass is 10.0. The number of anilines is 1. The van der Waals surface area contributed by atoms with E-state index in [4.69, 9.17) is 9.47 Å². The topological polar surface area (TPSA) is 24.9 Å². The Balaban J connectivity index is 1.69. The molecule has 29 heavy (non-hydrogen) atoms. The summed E-state index contributed by atoms with van der Waals surface area (Å²) in [5.74, 6) is 0.0634. The number of rotatable bonds is 5. The molecule has 0 unspecified atom stereocenters.